The molecule has 0 aliphatic carbocycles. The first-order chi connectivity index (χ1) is 5.29. The quantitative estimate of drug-likeness (QED) is 0.687. The molecule has 11 heavy (non-hydrogen) atoms. The zero-order valence-corrected chi connectivity index (χ0v) is 6.25. The highest BCUT2D eigenvalue weighted by atomic mass is 32.2. The fourth-order valence-corrected chi connectivity index (χ4v) is 0.869. The maximum Gasteiger partial charge on any atom is 0.518 e. The van der Waals surface area contributed by atoms with Gasteiger partial charge in [0.2, 0.25) is 0 Å². The summed E-state index contributed by atoms with van der Waals surface area (Å²) in [5, 5.41) is 8.63. The summed E-state index contributed by atoms with van der Waals surface area (Å²) in [7, 11) is 0. The van der Waals surface area contributed by atoms with E-state index in [1.54, 1.807) is 24.4 Å². The normalized spacial score (nSPS) is 9.09. The fraction of sp³-hybridized carbons (Fsp3) is 0. The summed E-state index contributed by atoms with van der Waals surface area (Å²) in [5.41, 5.74) is 0. The Bertz CT molecular complexity index is 239. The monoisotopic (exact) mass is 171 g/mol. The second-order valence-electron chi connectivity index (χ2n) is 1.60. The number of aromatic nitrogens is 1. The minimum absolute atomic E-state index is 0.523. The van der Waals surface area contributed by atoms with Crippen LogP contribution in [0, 0.1) is 0 Å². The summed E-state index contributed by atoms with van der Waals surface area (Å²) < 4.78 is 4.20. The van der Waals surface area contributed by atoms with Crippen LogP contribution >= 0.6 is 12.0 Å². The lowest BCUT2D eigenvalue weighted by molar-refractivity contribution is 0.153. The minimum Gasteiger partial charge on any atom is -0.449 e. The third-order valence-corrected chi connectivity index (χ3v) is 1.47. The van der Waals surface area contributed by atoms with Gasteiger partial charge in [-0.2, -0.15) is 0 Å². The summed E-state index contributed by atoms with van der Waals surface area (Å²) in [6.45, 7) is 0. The van der Waals surface area contributed by atoms with Gasteiger partial charge in [0.15, 0.2) is 0 Å². The van der Waals surface area contributed by atoms with Gasteiger partial charge in [-0.15, -0.1) is 0 Å². The van der Waals surface area contributed by atoms with Crippen LogP contribution in [0.4, 0.5) is 4.79 Å². The zero-order valence-electron chi connectivity index (χ0n) is 5.43. The molecule has 0 fully saturated rings. The van der Waals surface area contributed by atoms with E-state index < -0.39 is 6.16 Å². The van der Waals surface area contributed by atoms with E-state index in [-0.39, 0.29) is 0 Å². The molecule has 58 valence electrons. The van der Waals surface area contributed by atoms with Crippen molar-refractivity contribution >= 4 is 18.2 Å². The predicted octanol–water partition coefficient (Wildman–Crippen LogP) is 1.78. The smallest absolute Gasteiger partial charge is 0.449 e. The lowest BCUT2D eigenvalue weighted by atomic mass is 10.5. The SMILES string of the molecule is O=C(O)OSc1ccccn1. The number of hydrogen-bond acceptors (Lipinski definition) is 4. The Balaban J connectivity index is 2.45. The molecule has 1 aromatic heterocycles. The Morgan fingerprint density at radius 3 is 3.00 bits per heavy atom. The van der Waals surface area contributed by atoms with Crippen LogP contribution in [0.15, 0.2) is 29.4 Å². The standard InChI is InChI=1S/C6H5NO3S/c8-6(9)10-11-5-3-1-2-4-7-5/h1-4H,(H,8,9). The summed E-state index contributed by atoms with van der Waals surface area (Å²) in [5.74, 6) is 0. The first kappa shape index (κ1) is 7.87. The number of nitrogens with zero attached hydrogens (tertiary/aromatic N) is 1. The number of pyridine rings is 1. The Kier molecular flexibility index (Phi) is 2.74. The van der Waals surface area contributed by atoms with E-state index >= 15 is 0 Å². The van der Waals surface area contributed by atoms with Crippen LogP contribution in [0.2, 0.25) is 0 Å². The molecule has 0 radical (unpaired) electrons. The van der Waals surface area contributed by atoms with Crippen LogP contribution in [0.5, 0.6) is 0 Å². The van der Waals surface area contributed by atoms with Crippen molar-refractivity contribution in [3.05, 3.63) is 24.4 Å². The van der Waals surface area contributed by atoms with E-state index in [0.29, 0.717) is 5.03 Å². The average Bonchev–Trinajstić information content (AvgIpc) is 2.03. The summed E-state index contributed by atoms with van der Waals surface area (Å²) in [4.78, 5) is 13.7. The van der Waals surface area contributed by atoms with Gasteiger partial charge in [-0.3, -0.25) is 0 Å². The molecular weight excluding hydrogens is 166 g/mol. The third kappa shape index (κ3) is 2.90. The summed E-state index contributed by atoms with van der Waals surface area (Å²) in [6, 6.07) is 5.15. The van der Waals surface area contributed by atoms with Crippen molar-refractivity contribution in [2.24, 2.45) is 0 Å². The van der Waals surface area contributed by atoms with E-state index in [1.807, 2.05) is 0 Å². The van der Waals surface area contributed by atoms with Crippen LogP contribution in [0.1, 0.15) is 0 Å². The third-order valence-electron chi connectivity index (χ3n) is 0.836. The highest BCUT2D eigenvalue weighted by Gasteiger charge is 1.99. The Morgan fingerprint density at radius 1 is 1.64 bits per heavy atom. The molecule has 0 aliphatic rings. The van der Waals surface area contributed by atoms with Crippen LogP contribution in [0.25, 0.3) is 0 Å². The second kappa shape index (κ2) is 3.82. The van der Waals surface area contributed by atoms with Gasteiger partial charge in [-0.05, 0) is 12.1 Å². The number of hydrogen-bond donors (Lipinski definition) is 1. The molecule has 0 amide bonds. The predicted molar refractivity (Wildman–Crippen MR) is 39.2 cm³/mol. The van der Waals surface area contributed by atoms with Gasteiger partial charge in [0.05, 0.1) is 0 Å². The van der Waals surface area contributed by atoms with E-state index in [9.17, 15) is 4.79 Å². The first-order valence-electron chi connectivity index (χ1n) is 2.77. The van der Waals surface area contributed by atoms with Gasteiger partial charge in [0.25, 0.3) is 0 Å². The van der Waals surface area contributed by atoms with E-state index in [2.05, 4.69) is 9.17 Å². The second-order valence-corrected chi connectivity index (χ2v) is 2.35. The van der Waals surface area contributed by atoms with Gasteiger partial charge >= 0.3 is 6.16 Å². The number of carbonyl (C=O) groups is 1. The molecule has 0 bridgehead atoms. The van der Waals surface area contributed by atoms with E-state index in [0.717, 1.165) is 12.0 Å². The van der Waals surface area contributed by atoms with Crippen LogP contribution in [-0.2, 0) is 4.18 Å². The lowest BCUT2D eigenvalue weighted by Gasteiger charge is -1.94. The maximum absolute atomic E-state index is 9.90. The molecule has 0 saturated heterocycles. The van der Waals surface area contributed by atoms with Gasteiger partial charge in [-0.1, -0.05) is 6.07 Å². The molecule has 4 nitrogen and oxygen atoms in total. The van der Waals surface area contributed by atoms with E-state index in [4.69, 9.17) is 5.11 Å². The Hall–Kier alpha value is -1.23. The number of rotatable bonds is 2. The van der Waals surface area contributed by atoms with Gasteiger partial charge in [0, 0.05) is 6.20 Å². The summed E-state index contributed by atoms with van der Waals surface area (Å²) in [6.07, 6.45) is 0.244. The Morgan fingerprint density at radius 2 is 2.45 bits per heavy atom. The van der Waals surface area contributed by atoms with Crippen molar-refractivity contribution in [1.29, 1.82) is 0 Å². The van der Waals surface area contributed by atoms with Crippen molar-refractivity contribution in [3.8, 4) is 0 Å². The minimum atomic E-state index is -1.32. The van der Waals surface area contributed by atoms with Crippen LogP contribution in [0.3, 0.4) is 0 Å². The van der Waals surface area contributed by atoms with Crippen molar-refractivity contribution in [3.63, 3.8) is 0 Å². The molecule has 1 aromatic rings. The van der Waals surface area contributed by atoms with Crippen LogP contribution < -0.4 is 0 Å². The molecular formula is C6H5NO3S. The lowest BCUT2D eigenvalue weighted by Crippen LogP contribution is -1.91. The molecule has 1 N–H and O–H groups in total. The van der Waals surface area contributed by atoms with Gasteiger partial charge in [0.1, 0.15) is 17.1 Å². The molecule has 0 unspecified atom stereocenters. The molecule has 0 spiro atoms. The maximum atomic E-state index is 9.90. The van der Waals surface area contributed by atoms with Gasteiger partial charge < -0.3 is 9.29 Å². The van der Waals surface area contributed by atoms with Gasteiger partial charge in [-0.25, -0.2) is 9.78 Å². The topological polar surface area (TPSA) is 59.4 Å². The molecule has 0 saturated carbocycles. The molecule has 1 rings (SSSR count). The van der Waals surface area contributed by atoms with Crippen molar-refractivity contribution in [1.82, 2.24) is 4.98 Å². The molecule has 0 aromatic carbocycles. The van der Waals surface area contributed by atoms with E-state index in [1.165, 1.54) is 0 Å². The van der Waals surface area contributed by atoms with Crippen molar-refractivity contribution in [2.75, 3.05) is 0 Å². The Labute approximate surface area is 67.4 Å². The summed E-state index contributed by atoms with van der Waals surface area (Å²) >= 11 is 0.718. The molecule has 5 heteroatoms. The average molecular weight is 171 g/mol. The highest BCUT2D eigenvalue weighted by molar-refractivity contribution is 7.95. The zero-order chi connectivity index (χ0) is 8.10. The first-order valence-corrected chi connectivity index (χ1v) is 3.51. The molecule has 0 atom stereocenters. The van der Waals surface area contributed by atoms with Crippen LogP contribution in [-0.4, -0.2) is 16.2 Å². The largest absolute Gasteiger partial charge is 0.518 e. The van der Waals surface area contributed by atoms with Crippen molar-refractivity contribution < 1.29 is 14.1 Å². The molecule has 1 heterocycles. The highest BCUT2D eigenvalue weighted by Crippen LogP contribution is 2.14. The number of carboxylic acid groups (broad SMARTS) is 1. The van der Waals surface area contributed by atoms with Crippen molar-refractivity contribution in [2.45, 2.75) is 5.03 Å². The molecule has 0 aliphatic heterocycles. The fourth-order valence-electron chi connectivity index (χ4n) is 0.475.